The van der Waals surface area contributed by atoms with E-state index in [1.165, 1.54) is 0 Å². The van der Waals surface area contributed by atoms with Crippen LogP contribution in [0.3, 0.4) is 0 Å². The fourth-order valence-electron chi connectivity index (χ4n) is 1.21. The van der Waals surface area contributed by atoms with Crippen LogP contribution in [0.15, 0.2) is 18.2 Å². The SMILES string of the molecule is CCOc1cc([N+]#N)ccc1N(C)C.[Cl][Zn-]. The second-order valence-corrected chi connectivity index (χ2v) is 3.08. The molecule has 0 spiro atoms. The van der Waals surface area contributed by atoms with Gasteiger partial charge in [-0.05, 0) is 13.0 Å². The molecule has 0 radical (unpaired) electrons. The Hall–Kier alpha value is -0.847. The van der Waals surface area contributed by atoms with Crippen LogP contribution in [0, 0.1) is 5.39 Å². The van der Waals surface area contributed by atoms with Crippen LogP contribution < -0.4 is 9.64 Å². The summed E-state index contributed by atoms with van der Waals surface area (Å²) in [5.41, 5.74) is 1.47. The monoisotopic (exact) mass is 291 g/mol. The normalized spacial score (nSPS) is 8.38. The van der Waals surface area contributed by atoms with Gasteiger partial charge in [0.25, 0.3) is 0 Å². The molecule has 0 aliphatic heterocycles. The van der Waals surface area contributed by atoms with Gasteiger partial charge in [0.2, 0.25) is 5.39 Å². The Morgan fingerprint density at radius 1 is 1.44 bits per heavy atom. The summed E-state index contributed by atoms with van der Waals surface area (Å²) in [4.78, 5) is 5.07. The van der Waals surface area contributed by atoms with E-state index in [-0.39, 0.29) is 0 Å². The quantitative estimate of drug-likeness (QED) is 0.634. The molecule has 0 unspecified atom stereocenters. The molecule has 1 rings (SSSR count). The average Bonchev–Trinajstić information content (AvgIpc) is 2.31. The number of nitrogens with zero attached hydrogens (tertiary/aromatic N) is 3. The summed E-state index contributed by atoms with van der Waals surface area (Å²) in [7, 11) is 8.64. The number of rotatable bonds is 3. The minimum absolute atomic E-state index is 0.499. The van der Waals surface area contributed by atoms with Gasteiger partial charge in [0.05, 0.1) is 18.4 Å². The van der Waals surface area contributed by atoms with Gasteiger partial charge in [-0.25, -0.2) is 0 Å². The van der Waals surface area contributed by atoms with Crippen LogP contribution in [-0.2, 0) is 17.3 Å². The zero-order valence-electron chi connectivity index (χ0n) is 9.77. The van der Waals surface area contributed by atoms with Crippen molar-refractivity contribution in [2.24, 2.45) is 0 Å². The minimum atomic E-state index is 0.499. The van der Waals surface area contributed by atoms with E-state index in [9.17, 15) is 0 Å². The summed E-state index contributed by atoms with van der Waals surface area (Å²) in [6.45, 7) is 2.51. The van der Waals surface area contributed by atoms with Gasteiger partial charge in [-0.2, -0.15) is 0 Å². The first-order chi connectivity index (χ1) is 7.69. The van der Waals surface area contributed by atoms with E-state index in [0.717, 1.165) is 28.7 Å². The zero-order valence-corrected chi connectivity index (χ0v) is 13.5. The van der Waals surface area contributed by atoms with Gasteiger partial charge in [0, 0.05) is 20.2 Å². The fraction of sp³-hybridized carbons (Fsp3) is 0.400. The number of benzene rings is 1. The molecule has 1 aromatic rings. The van der Waals surface area contributed by atoms with Crippen LogP contribution in [0.5, 0.6) is 5.75 Å². The Morgan fingerprint density at radius 3 is 2.50 bits per heavy atom. The van der Waals surface area contributed by atoms with Gasteiger partial charge in [-0.3, -0.25) is 0 Å². The maximum absolute atomic E-state index is 8.62. The van der Waals surface area contributed by atoms with E-state index in [0.29, 0.717) is 12.3 Å². The van der Waals surface area contributed by atoms with Crippen molar-refractivity contribution in [2.45, 2.75) is 6.92 Å². The zero-order chi connectivity index (χ0) is 12.6. The van der Waals surface area contributed by atoms with Crippen LogP contribution in [-0.4, -0.2) is 20.7 Å². The second-order valence-electron chi connectivity index (χ2n) is 3.08. The molecule has 0 aliphatic rings. The van der Waals surface area contributed by atoms with E-state index < -0.39 is 0 Å². The second kappa shape index (κ2) is 8.32. The molecule has 16 heavy (non-hydrogen) atoms. The first-order valence-corrected chi connectivity index (χ1v) is 8.65. The molecule has 0 heterocycles. The van der Waals surface area contributed by atoms with E-state index in [2.05, 4.69) is 4.98 Å². The van der Waals surface area contributed by atoms with Crippen LogP contribution in [0.2, 0.25) is 0 Å². The molecule has 0 saturated heterocycles. The molecular formula is C10H14ClN3OZn. The van der Waals surface area contributed by atoms with Crippen LogP contribution in [0.1, 0.15) is 6.92 Å². The standard InChI is InChI=1S/C10H14N3O.ClH.Zn/c1-4-14-10-7-8(12-11)5-6-9(10)13(2)3;;/h5-7H,4H2,1-3H3;1H;/q+1;;/p-1. The van der Waals surface area contributed by atoms with Crippen molar-refractivity contribution in [3.63, 3.8) is 0 Å². The Bertz CT molecular complexity index is 366. The predicted molar refractivity (Wildman–Crippen MR) is 62.5 cm³/mol. The van der Waals surface area contributed by atoms with E-state index >= 15 is 0 Å². The van der Waals surface area contributed by atoms with Gasteiger partial charge < -0.3 is 9.64 Å². The molecule has 0 bridgehead atoms. The third-order valence-electron chi connectivity index (χ3n) is 1.84. The van der Waals surface area contributed by atoms with Crippen molar-refractivity contribution in [1.82, 2.24) is 0 Å². The third-order valence-corrected chi connectivity index (χ3v) is 1.84. The molecule has 6 heteroatoms. The van der Waals surface area contributed by atoms with Gasteiger partial charge in [-0.15, -0.1) is 0 Å². The van der Waals surface area contributed by atoms with E-state index in [4.69, 9.17) is 19.8 Å². The first kappa shape index (κ1) is 15.2. The molecule has 0 saturated carbocycles. The molecule has 4 nitrogen and oxygen atoms in total. The van der Waals surface area contributed by atoms with Gasteiger partial charge in [0.15, 0.2) is 10.7 Å². The number of anilines is 1. The molecule has 84 valence electrons. The molecule has 0 fully saturated rings. The molecule has 0 N–H and O–H groups in total. The maximum atomic E-state index is 8.62. The topological polar surface area (TPSA) is 40.6 Å². The van der Waals surface area contributed by atoms with Gasteiger partial charge in [0.1, 0.15) is 0 Å². The number of hydrogen-bond acceptors (Lipinski definition) is 3. The Morgan fingerprint density at radius 2 is 2.06 bits per heavy atom. The van der Waals surface area contributed by atoms with E-state index in [1.54, 1.807) is 12.1 Å². The summed E-state index contributed by atoms with van der Waals surface area (Å²) in [5.74, 6) is 0.729. The predicted octanol–water partition coefficient (Wildman–Crippen LogP) is 3.32. The molecular weight excluding hydrogens is 279 g/mol. The fourth-order valence-corrected chi connectivity index (χ4v) is 1.21. The van der Waals surface area contributed by atoms with Crippen LogP contribution >= 0.6 is 9.69 Å². The third kappa shape index (κ3) is 4.34. The summed E-state index contributed by atoms with van der Waals surface area (Å²) in [5, 5.41) is 8.62. The molecule has 0 amide bonds. The van der Waals surface area contributed by atoms with Gasteiger partial charge in [-0.1, -0.05) is 0 Å². The summed E-state index contributed by atoms with van der Waals surface area (Å²) in [6.07, 6.45) is 0. The Labute approximate surface area is 110 Å². The number of diazo groups is 1. The van der Waals surface area contributed by atoms with Crippen LogP contribution in [0.4, 0.5) is 11.4 Å². The summed E-state index contributed by atoms with van der Waals surface area (Å²) < 4.78 is 5.43. The molecule has 0 aromatic heterocycles. The van der Waals surface area contributed by atoms with Crippen molar-refractivity contribution in [2.75, 3.05) is 25.6 Å². The number of hydrogen-bond donors (Lipinski definition) is 0. The van der Waals surface area contributed by atoms with Gasteiger partial charge >= 0.3 is 32.7 Å². The van der Waals surface area contributed by atoms with Crippen molar-refractivity contribution in [3.8, 4) is 5.75 Å². The first-order valence-electron chi connectivity index (χ1n) is 4.75. The summed E-state index contributed by atoms with van der Waals surface area (Å²) in [6, 6.07) is 5.30. The molecule has 0 aliphatic carbocycles. The van der Waals surface area contributed by atoms with Crippen molar-refractivity contribution in [1.29, 1.82) is 5.39 Å². The molecule has 1 aromatic carbocycles. The Balaban J connectivity index is 0.00000106. The van der Waals surface area contributed by atoms with Crippen LogP contribution in [0.25, 0.3) is 4.98 Å². The Kier molecular flexibility index (Phi) is 7.88. The number of halogens is 1. The van der Waals surface area contributed by atoms with Crippen molar-refractivity contribution in [3.05, 3.63) is 23.2 Å². The van der Waals surface area contributed by atoms with Crippen molar-refractivity contribution >= 4 is 21.1 Å². The average molecular weight is 293 g/mol. The molecule has 0 atom stereocenters. The van der Waals surface area contributed by atoms with Crippen molar-refractivity contribution < 1.29 is 22.0 Å². The summed E-state index contributed by atoms with van der Waals surface area (Å²) >= 11 is 0.847. The number of ether oxygens (including phenoxy) is 1. The van der Waals surface area contributed by atoms with E-state index in [1.807, 2.05) is 32.0 Å².